The molecule has 1 saturated heterocycles. The summed E-state index contributed by atoms with van der Waals surface area (Å²) in [5.74, 6) is 0.921. The molecule has 1 unspecified atom stereocenters. The van der Waals surface area contributed by atoms with Gasteiger partial charge in [-0.15, -0.1) is 0 Å². The van der Waals surface area contributed by atoms with Gasteiger partial charge in [-0.05, 0) is 36.8 Å². The van der Waals surface area contributed by atoms with E-state index < -0.39 is 11.9 Å². The Bertz CT molecular complexity index is 1590. The van der Waals surface area contributed by atoms with Gasteiger partial charge in [-0.25, -0.2) is 8.91 Å². The topological polar surface area (TPSA) is 110 Å². The predicted molar refractivity (Wildman–Crippen MR) is 148 cm³/mol. The molecule has 1 fully saturated rings. The first-order valence-corrected chi connectivity index (χ1v) is 13.5. The van der Waals surface area contributed by atoms with Crippen molar-refractivity contribution in [1.29, 1.82) is 0 Å². The molecule has 0 bridgehead atoms. The van der Waals surface area contributed by atoms with Gasteiger partial charge in [-0.3, -0.25) is 19.4 Å². The van der Waals surface area contributed by atoms with E-state index in [0.29, 0.717) is 28.6 Å². The summed E-state index contributed by atoms with van der Waals surface area (Å²) in [6.07, 6.45) is 5.12. The number of ether oxygens (including phenoxy) is 2. The van der Waals surface area contributed by atoms with E-state index in [1.807, 2.05) is 17.2 Å². The molecule has 4 aromatic rings. The summed E-state index contributed by atoms with van der Waals surface area (Å²) in [5, 5.41) is 19.5. The summed E-state index contributed by atoms with van der Waals surface area (Å²) in [4.78, 5) is 20.1. The molecule has 0 saturated carbocycles. The highest BCUT2D eigenvalue weighted by molar-refractivity contribution is 5.87. The van der Waals surface area contributed by atoms with E-state index >= 15 is 0 Å². The number of hydrogen-bond donors (Lipinski definition) is 1. The molecule has 6 rings (SSSR count). The highest BCUT2D eigenvalue weighted by atomic mass is 19.1. The highest BCUT2D eigenvalue weighted by Gasteiger charge is 2.32. The van der Waals surface area contributed by atoms with Gasteiger partial charge in [0.1, 0.15) is 5.82 Å². The molecule has 6 heterocycles. The van der Waals surface area contributed by atoms with Crippen LogP contribution in [0.5, 0.6) is 11.5 Å². The summed E-state index contributed by atoms with van der Waals surface area (Å²) >= 11 is 0. The largest absolute Gasteiger partial charge is 0.493 e. The molecule has 12 heteroatoms. The van der Waals surface area contributed by atoms with Crippen molar-refractivity contribution in [3.63, 3.8) is 0 Å². The number of methoxy groups -OCH3 is 1. The molecular formula is C29H32FN7O4. The van der Waals surface area contributed by atoms with E-state index in [0.717, 1.165) is 68.0 Å². The minimum absolute atomic E-state index is 0.00665. The van der Waals surface area contributed by atoms with E-state index in [1.54, 1.807) is 17.8 Å². The molecular weight excluding hydrogens is 529 g/mol. The Morgan fingerprint density at radius 1 is 1.27 bits per heavy atom. The number of aliphatic hydroxyl groups excluding tert-OH is 1. The number of likely N-dealkylation sites (tertiary alicyclic amines) is 1. The zero-order chi connectivity index (χ0) is 28.7. The fourth-order valence-corrected chi connectivity index (χ4v) is 5.64. The van der Waals surface area contributed by atoms with E-state index in [1.165, 1.54) is 18.2 Å². The Kier molecular flexibility index (Phi) is 7.18. The maximum absolute atomic E-state index is 13.5. The number of aromatic nitrogens is 5. The third-order valence-electron chi connectivity index (χ3n) is 7.83. The van der Waals surface area contributed by atoms with Crippen LogP contribution in [0.4, 0.5) is 4.39 Å². The van der Waals surface area contributed by atoms with Crippen LogP contribution < -0.4 is 9.47 Å². The molecule has 2 aliphatic rings. The van der Waals surface area contributed by atoms with Gasteiger partial charge in [0.05, 0.1) is 49.7 Å². The van der Waals surface area contributed by atoms with Gasteiger partial charge in [0, 0.05) is 50.4 Å². The number of carbonyl (C=O) groups is 1. The number of hydrogen-bond acceptors (Lipinski definition) is 8. The van der Waals surface area contributed by atoms with Crippen LogP contribution in [0.15, 0.2) is 49.4 Å². The molecule has 4 aromatic heterocycles. The lowest BCUT2D eigenvalue weighted by molar-refractivity contribution is -0.132. The Morgan fingerprint density at radius 2 is 2.10 bits per heavy atom. The smallest absolute Gasteiger partial charge is 0.245 e. The summed E-state index contributed by atoms with van der Waals surface area (Å²) in [6, 6.07) is 4.64. The van der Waals surface area contributed by atoms with Gasteiger partial charge < -0.3 is 19.5 Å². The molecule has 41 heavy (non-hydrogen) atoms. The predicted octanol–water partition coefficient (Wildman–Crippen LogP) is 2.62. The monoisotopic (exact) mass is 561 g/mol. The lowest BCUT2D eigenvalue weighted by Crippen LogP contribution is -2.54. The molecule has 214 valence electrons. The normalized spacial score (nSPS) is 16.3. The lowest BCUT2D eigenvalue weighted by atomic mass is 9.98. The van der Waals surface area contributed by atoms with Crippen LogP contribution in [0, 0.1) is 18.7 Å². The van der Waals surface area contributed by atoms with Crippen LogP contribution in [0.1, 0.15) is 23.1 Å². The van der Waals surface area contributed by atoms with Crippen molar-refractivity contribution in [3.8, 4) is 22.8 Å². The molecule has 1 N–H and O–H groups in total. The van der Waals surface area contributed by atoms with Crippen molar-refractivity contribution in [3.05, 3.63) is 72.2 Å². The Labute approximate surface area is 236 Å². The van der Waals surface area contributed by atoms with Gasteiger partial charge in [-0.2, -0.15) is 10.2 Å². The number of carbonyl (C=O) groups excluding carboxylic acids is 1. The first-order valence-electron chi connectivity index (χ1n) is 13.5. The Balaban J connectivity index is 1.28. The Morgan fingerprint density at radius 3 is 2.80 bits per heavy atom. The van der Waals surface area contributed by atoms with Crippen LogP contribution in [0.3, 0.4) is 0 Å². The number of nitrogens with zero attached hydrogens (tertiary/aromatic N) is 7. The SMILES string of the molecule is C=CC(=O)N1CC(CN2CCn3nc(-c4cc(OC(CO)c5ccc(F)cn5)c5c(OC)cnn5c4)c(C)c3C2)C1. The second-order valence-corrected chi connectivity index (χ2v) is 10.5. The number of halogens is 1. The van der Waals surface area contributed by atoms with E-state index in [2.05, 4.69) is 33.2 Å². The molecule has 11 nitrogen and oxygen atoms in total. The quantitative estimate of drug-likeness (QED) is 0.311. The molecule has 0 aliphatic carbocycles. The van der Waals surface area contributed by atoms with Gasteiger partial charge in [0.25, 0.3) is 0 Å². The number of rotatable bonds is 9. The van der Waals surface area contributed by atoms with Crippen LogP contribution in [-0.2, 0) is 17.9 Å². The molecule has 0 spiro atoms. The van der Waals surface area contributed by atoms with Crippen molar-refractivity contribution in [2.45, 2.75) is 26.1 Å². The second kappa shape index (κ2) is 10.9. The second-order valence-electron chi connectivity index (χ2n) is 10.5. The minimum atomic E-state index is -0.830. The van der Waals surface area contributed by atoms with Gasteiger partial charge >= 0.3 is 0 Å². The average molecular weight is 562 g/mol. The van der Waals surface area contributed by atoms with Gasteiger partial charge in [0.2, 0.25) is 5.91 Å². The van der Waals surface area contributed by atoms with Crippen molar-refractivity contribution in [2.24, 2.45) is 5.92 Å². The summed E-state index contributed by atoms with van der Waals surface area (Å²) in [5.41, 5.74) is 4.81. The fraction of sp³-hybridized carbons (Fsp3) is 0.379. The van der Waals surface area contributed by atoms with Crippen molar-refractivity contribution in [1.82, 2.24) is 34.2 Å². The van der Waals surface area contributed by atoms with Crippen LogP contribution in [0.25, 0.3) is 16.8 Å². The number of pyridine rings is 2. The third-order valence-corrected chi connectivity index (χ3v) is 7.83. The molecule has 1 atom stereocenters. The van der Waals surface area contributed by atoms with Crippen LogP contribution in [-0.4, -0.2) is 85.1 Å². The fourth-order valence-electron chi connectivity index (χ4n) is 5.64. The zero-order valence-electron chi connectivity index (χ0n) is 23.0. The maximum Gasteiger partial charge on any atom is 0.245 e. The first kappa shape index (κ1) is 26.9. The molecule has 2 aliphatic heterocycles. The standard InChI is InChI=1S/C29H32FN7O4/c1-4-27(39)35-13-19(14-35)12-34-7-8-36-23(16-34)18(2)28(33-36)20-9-24(29-25(40-3)11-32-37(29)15-20)41-26(17-38)22-6-5-21(30)10-31-22/h4-6,9-11,15,19,26,38H,1,7-8,12-14,16-17H2,2-3H3. The summed E-state index contributed by atoms with van der Waals surface area (Å²) < 4.78 is 29.0. The van der Waals surface area contributed by atoms with Gasteiger partial charge in [0.15, 0.2) is 23.1 Å². The number of aliphatic hydroxyl groups is 1. The maximum atomic E-state index is 13.5. The lowest BCUT2D eigenvalue weighted by Gasteiger charge is -2.42. The number of fused-ring (bicyclic) bond motifs is 2. The number of amides is 1. The molecule has 1 amide bonds. The highest BCUT2D eigenvalue weighted by Crippen LogP contribution is 2.37. The summed E-state index contributed by atoms with van der Waals surface area (Å²) in [6.45, 7) is 10.2. The van der Waals surface area contributed by atoms with Crippen molar-refractivity contribution < 1.29 is 23.8 Å². The molecule has 0 radical (unpaired) electrons. The van der Waals surface area contributed by atoms with E-state index in [4.69, 9.17) is 14.6 Å². The third kappa shape index (κ3) is 5.04. The van der Waals surface area contributed by atoms with Crippen molar-refractivity contribution >= 4 is 11.4 Å². The molecule has 0 aromatic carbocycles. The zero-order valence-corrected chi connectivity index (χ0v) is 23.0. The summed E-state index contributed by atoms with van der Waals surface area (Å²) in [7, 11) is 1.55. The van der Waals surface area contributed by atoms with E-state index in [-0.39, 0.29) is 12.5 Å². The van der Waals surface area contributed by atoms with E-state index in [9.17, 15) is 14.3 Å². The Hall–Kier alpha value is -4.29. The van der Waals surface area contributed by atoms with Crippen LogP contribution >= 0.6 is 0 Å². The first-order chi connectivity index (χ1) is 19.9. The van der Waals surface area contributed by atoms with Crippen LogP contribution in [0.2, 0.25) is 0 Å². The van der Waals surface area contributed by atoms with Crippen molar-refractivity contribution in [2.75, 3.05) is 39.9 Å². The average Bonchev–Trinajstić information content (AvgIpc) is 3.54. The minimum Gasteiger partial charge on any atom is -0.493 e. The van der Waals surface area contributed by atoms with Gasteiger partial charge in [-0.1, -0.05) is 6.58 Å².